The van der Waals surface area contributed by atoms with E-state index in [9.17, 15) is 9.59 Å². The average molecular weight is 459 g/mol. The van der Waals surface area contributed by atoms with Gasteiger partial charge in [0.05, 0.1) is 44.1 Å². The van der Waals surface area contributed by atoms with Crippen LogP contribution in [0.5, 0.6) is 5.75 Å². The lowest BCUT2D eigenvalue weighted by molar-refractivity contribution is -0.144. The molecule has 1 saturated carbocycles. The van der Waals surface area contributed by atoms with Crippen molar-refractivity contribution < 1.29 is 28.5 Å². The molecule has 8 heteroatoms. The summed E-state index contributed by atoms with van der Waals surface area (Å²) < 4.78 is 23.6. The highest BCUT2D eigenvalue weighted by molar-refractivity contribution is 5.79. The number of hydrogen-bond donors (Lipinski definition) is 1. The number of carbonyl (C=O) groups is 2. The van der Waals surface area contributed by atoms with Gasteiger partial charge in [-0.1, -0.05) is 12.1 Å². The van der Waals surface area contributed by atoms with Crippen LogP contribution in [-0.4, -0.2) is 74.2 Å². The van der Waals surface area contributed by atoms with Gasteiger partial charge >= 0.3 is 6.09 Å². The number of fused-ring (bicyclic) bond motifs is 8. The molecule has 33 heavy (non-hydrogen) atoms. The van der Waals surface area contributed by atoms with E-state index >= 15 is 0 Å². The number of piperidine rings is 1. The fourth-order valence-electron chi connectivity index (χ4n) is 5.78. The van der Waals surface area contributed by atoms with Crippen molar-refractivity contribution in [2.45, 2.75) is 68.5 Å². The molecule has 4 bridgehead atoms. The maximum absolute atomic E-state index is 13.1. The maximum Gasteiger partial charge on any atom is 0.410 e. The number of rotatable bonds is 0. The first-order chi connectivity index (χ1) is 16.1. The molecular formula is C25H34N2O6. The predicted octanol–water partition coefficient (Wildman–Crippen LogP) is 3.00. The zero-order valence-electron chi connectivity index (χ0n) is 19.1. The van der Waals surface area contributed by atoms with Crippen LogP contribution in [0, 0.1) is 0 Å². The molecule has 1 N–H and O–H groups in total. The van der Waals surface area contributed by atoms with Crippen LogP contribution in [-0.2, 0) is 19.0 Å². The topological polar surface area (TPSA) is 86.3 Å². The van der Waals surface area contributed by atoms with Crippen molar-refractivity contribution >= 4 is 12.0 Å². The van der Waals surface area contributed by atoms with E-state index in [0.717, 1.165) is 44.3 Å². The number of benzene rings is 1. The zero-order valence-corrected chi connectivity index (χ0v) is 19.1. The van der Waals surface area contributed by atoms with Crippen LogP contribution in [0.2, 0.25) is 0 Å². The molecule has 3 fully saturated rings. The predicted molar refractivity (Wildman–Crippen MR) is 120 cm³/mol. The van der Waals surface area contributed by atoms with E-state index in [1.165, 1.54) is 5.56 Å². The molecule has 0 aromatic heterocycles. The van der Waals surface area contributed by atoms with E-state index in [4.69, 9.17) is 18.9 Å². The van der Waals surface area contributed by atoms with Crippen LogP contribution >= 0.6 is 0 Å². The Bertz CT molecular complexity index is 851. The smallest absolute Gasteiger partial charge is 0.410 e. The monoisotopic (exact) mass is 458 g/mol. The molecule has 0 radical (unpaired) electrons. The molecule has 1 spiro atoms. The highest BCUT2D eigenvalue weighted by atomic mass is 16.6. The van der Waals surface area contributed by atoms with Crippen molar-refractivity contribution in [3.63, 3.8) is 0 Å². The molecule has 2 amide bonds. The zero-order chi connectivity index (χ0) is 22.7. The Hall–Kier alpha value is -2.32. The van der Waals surface area contributed by atoms with Gasteiger partial charge in [-0.2, -0.15) is 0 Å². The first-order valence-corrected chi connectivity index (χ1v) is 12.3. The molecule has 180 valence electrons. The van der Waals surface area contributed by atoms with E-state index in [1.54, 1.807) is 4.90 Å². The van der Waals surface area contributed by atoms with E-state index < -0.39 is 5.54 Å². The summed E-state index contributed by atoms with van der Waals surface area (Å²) in [5.41, 5.74) is 0.691. The molecule has 8 nitrogen and oxygen atoms in total. The first kappa shape index (κ1) is 22.5. The minimum absolute atomic E-state index is 0.0600. The molecule has 1 aromatic carbocycles. The third kappa shape index (κ3) is 4.96. The normalized spacial score (nSPS) is 33.5. The molecule has 2 atom stereocenters. The van der Waals surface area contributed by atoms with Gasteiger partial charge in [0.15, 0.2) is 0 Å². The van der Waals surface area contributed by atoms with Gasteiger partial charge in [-0.15, -0.1) is 0 Å². The summed E-state index contributed by atoms with van der Waals surface area (Å²) in [5, 5.41) is 3.15. The standard InChI is InChI=1S/C25H34N2O6/c28-23-16-30-17-25(26-23)10-2-11-27-22(25)15-33-20-8-6-18(7-9-20)19-4-1-5-21(14-19)31-12-3-13-32-24(27)29/h1,4-5,14,18,20,22H,2-3,6-13,15-17H2,(H,26,28)/t18?,20?,22-,25+/m1/s1. The van der Waals surface area contributed by atoms with Crippen molar-refractivity contribution in [3.05, 3.63) is 29.8 Å². The largest absolute Gasteiger partial charge is 0.493 e. The second kappa shape index (κ2) is 9.89. The molecule has 1 aliphatic carbocycles. The minimum Gasteiger partial charge on any atom is -0.493 e. The van der Waals surface area contributed by atoms with Crippen LogP contribution in [0.15, 0.2) is 24.3 Å². The number of carbonyl (C=O) groups excluding carboxylic acids is 2. The van der Waals surface area contributed by atoms with Crippen molar-refractivity contribution in [3.8, 4) is 5.75 Å². The molecule has 4 aliphatic heterocycles. The Morgan fingerprint density at radius 1 is 1.03 bits per heavy atom. The Kier molecular flexibility index (Phi) is 6.74. The summed E-state index contributed by atoms with van der Waals surface area (Å²) >= 11 is 0. The van der Waals surface area contributed by atoms with Crippen LogP contribution in [0.4, 0.5) is 4.79 Å². The molecule has 2 saturated heterocycles. The van der Waals surface area contributed by atoms with Crippen molar-refractivity contribution in [2.24, 2.45) is 0 Å². The van der Waals surface area contributed by atoms with Crippen LogP contribution < -0.4 is 10.1 Å². The number of nitrogens with zero attached hydrogens (tertiary/aromatic N) is 1. The average Bonchev–Trinajstić information content (AvgIpc) is 2.83. The molecule has 6 rings (SSSR count). The summed E-state index contributed by atoms with van der Waals surface area (Å²) in [7, 11) is 0. The quantitative estimate of drug-likeness (QED) is 0.643. The SMILES string of the molecule is O=C1COC[C@]2(CCCN3C(=O)OCCCOc4cccc(c4)C4CCC(CC4)OC[C@@H]32)N1. The molecule has 4 heterocycles. The molecule has 5 aliphatic rings. The van der Waals surface area contributed by atoms with E-state index in [-0.39, 0.29) is 37.4 Å². The van der Waals surface area contributed by atoms with E-state index in [2.05, 4.69) is 23.5 Å². The summed E-state index contributed by atoms with van der Waals surface area (Å²) in [4.78, 5) is 27.0. The third-order valence-electron chi connectivity index (χ3n) is 7.53. The van der Waals surface area contributed by atoms with Crippen LogP contribution in [0.25, 0.3) is 0 Å². The van der Waals surface area contributed by atoms with Gasteiger partial charge in [-0.3, -0.25) is 4.79 Å². The summed E-state index contributed by atoms with van der Waals surface area (Å²) in [6, 6.07) is 8.05. The summed E-state index contributed by atoms with van der Waals surface area (Å²) in [5.74, 6) is 1.24. The highest BCUT2D eigenvalue weighted by Crippen LogP contribution is 2.37. The Morgan fingerprint density at radius 2 is 1.88 bits per heavy atom. The van der Waals surface area contributed by atoms with E-state index in [0.29, 0.717) is 38.7 Å². The fourth-order valence-corrected chi connectivity index (χ4v) is 5.78. The van der Waals surface area contributed by atoms with E-state index in [1.807, 2.05) is 6.07 Å². The fraction of sp³-hybridized carbons (Fsp3) is 0.680. The third-order valence-corrected chi connectivity index (χ3v) is 7.53. The lowest BCUT2D eigenvalue weighted by Crippen LogP contribution is -2.72. The maximum atomic E-state index is 13.1. The second-order valence-corrected chi connectivity index (χ2v) is 9.71. The van der Waals surface area contributed by atoms with Gasteiger partial charge in [0.2, 0.25) is 5.91 Å². The van der Waals surface area contributed by atoms with Gasteiger partial charge in [-0.05, 0) is 62.1 Å². The molecule has 1 aromatic rings. The van der Waals surface area contributed by atoms with Gasteiger partial charge in [0, 0.05) is 13.0 Å². The number of nitrogens with one attached hydrogen (secondary N) is 1. The summed E-state index contributed by atoms with van der Waals surface area (Å²) in [6.07, 6.45) is 6.01. The number of hydrogen-bond acceptors (Lipinski definition) is 6. The van der Waals surface area contributed by atoms with Gasteiger partial charge < -0.3 is 29.2 Å². The number of morpholine rings is 1. The summed E-state index contributed by atoms with van der Waals surface area (Å²) in [6.45, 7) is 2.16. The Morgan fingerprint density at radius 3 is 2.73 bits per heavy atom. The number of ether oxygens (including phenoxy) is 4. The lowest BCUT2D eigenvalue weighted by atomic mass is 9.80. The van der Waals surface area contributed by atoms with Crippen molar-refractivity contribution in [1.82, 2.24) is 10.2 Å². The van der Waals surface area contributed by atoms with Gasteiger partial charge in [0.1, 0.15) is 12.4 Å². The second-order valence-electron chi connectivity index (χ2n) is 9.71. The molecule has 0 unspecified atom stereocenters. The first-order valence-electron chi connectivity index (χ1n) is 12.3. The van der Waals surface area contributed by atoms with Crippen LogP contribution in [0.3, 0.4) is 0 Å². The Balaban J connectivity index is 1.36. The van der Waals surface area contributed by atoms with Crippen molar-refractivity contribution in [1.29, 1.82) is 0 Å². The lowest BCUT2D eigenvalue weighted by Gasteiger charge is -2.51. The Labute approximate surface area is 194 Å². The van der Waals surface area contributed by atoms with Gasteiger partial charge in [0.25, 0.3) is 0 Å². The number of amides is 2. The van der Waals surface area contributed by atoms with Crippen LogP contribution in [0.1, 0.15) is 56.4 Å². The van der Waals surface area contributed by atoms with Gasteiger partial charge in [-0.25, -0.2) is 4.79 Å². The molecular weight excluding hydrogens is 424 g/mol. The minimum atomic E-state index is -0.630. The highest BCUT2D eigenvalue weighted by Gasteiger charge is 2.50. The van der Waals surface area contributed by atoms with Crippen molar-refractivity contribution in [2.75, 3.05) is 39.6 Å².